The SMILES string of the molecule is CCOC(=O)CCOC(C)c1ccc(OCCN)cc1. The summed E-state index contributed by atoms with van der Waals surface area (Å²) in [6, 6.07) is 7.66. The molecule has 1 aromatic carbocycles. The largest absolute Gasteiger partial charge is 0.492 e. The second kappa shape index (κ2) is 9.34. The van der Waals surface area contributed by atoms with Gasteiger partial charge in [0.2, 0.25) is 0 Å². The van der Waals surface area contributed by atoms with Crippen LogP contribution in [0.4, 0.5) is 0 Å². The van der Waals surface area contributed by atoms with E-state index in [1.807, 2.05) is 31.2 Å². The molecule has 0 saturated carbocycles. The molecule has 0 bridgehead atoms. The average molecular weight is 281 g/mol. The molecule has 0 aromatic heterocycles. The van der Waals surface area contributed by atoms with Gasteiger partial charge in [-0.15, -0.1) is 0 Å². The second-order valence-corrected chi connectivity index (χ2v) is 4.27. The monoisotopic (exact) mass is 281 g/mol. The van der Waals surface area contributed by atoms with Crippen LogP contribution in [0.5, 0.6) is 5.75 Å². The topological polar surface area (TPSA) is 70.8 Å². The molecule has 1 atom stereocenters. The molecule has 1 unspecified atom stereocenters. The molecule has 0 spiro atoms. The number of hydrogen-bond acceptors (Lipinski definition) is 5. The molecule has 0 aliphatic rings. The van der Waals surface area contributed by atoms with Gasteiger partial charge in [-0.2, -0.15) is 0 Å². The summed E-state index contributed by atoms with van der Waals surface area (Å²) >= 11 is 0. The fraction of sp³-hybridized carbons (Fsp3) is 0.533. The molecule has 0 radical (unpaired) electrons. The van der Waals surface area contributed by atoms with Crippen molar-refractivity contribution < 1.29 is 19.0 Å². The van der Waals surface area contributed by atoms with Gasteiger partial charge in [-0.3, -0.25) is 4.79 Å². The van der Waals surface area contributed by atoms with Gasteiger partial charge in [-0.1, -0.05) is 12.1 Å². The number of esters is 1. The van der Waals surface area contributed by atoms with Crippen LogP contribution in [0.15, 0.2) is 24.3 Å². The van der Waals surface area contributed by atoms with Gasteiger partial charge in [-0.25, -0.2) is 0 Å². The first-order valence-electron chi connectivity index (χ1n) is 6.87. The highest BCUT2D eigenvalue weighted by Gasteiger charge is 2.08. The molecule has 0 saturated heterocycles. The van der Waals surface area contributed by atoms with E-state index in [2.05, 4.69) is 0 Å². The van der Waals surface area contributed by atoms with Gasteiger partial charge in [0.1, 0.15) is 12.4 Å². The Morgan fingerprint density at radius 1 is 1.25 bits per heavy atom. The minimum absolute atomic E-state index is 0.0759. The first kappa shape index (κ1) is 16.5. The van der Waals surface area contributed by atoms with E-state index in [1.165, 1.54) is 0 Å². The zero-order valence-corrected chi connectivity index (χ0v) is 12.1. The maximum atomic E-state index is 11.2. The van der Waals surface area contributed by atoms with Crippen LogP contribution in [-0.2, 0) is 14.3 Å². The molecule has 0 fully saturated rings. The number of nitrogens with two attached hydrogens (primary N) is 1. The zero-order valence-electron chi connectivity index (χ0n) is 12.1. The molecular weight excluding hydrogens is 258 g/mol. The highest BCUT2D eigenvalue weighted by atomic mass is 16.5. The number of benzene rings is 1. The van der Waals surface area contributed by atoms with Crippen LogP contribution in [0.25, 0.3) is 0 Å². The first-order valence-corrected chi connectivity index (χ1v) is 6.87. The van der Waals surface area contributed by atoms with Crippen molar-refractivity contribution in [2.75, 3.05) is 26.4 Å². The van der Waals surface area contributed by atoms with Crippen LogP contribution in [0.2, 0.25) is 0 Å². The number of rotatable bonds is 9. The van der Waals surface area contributed by atoms with E-state index in [-0.39, 0.29) is 18.5 Å². The molecular formula is C15H23NO4. The number of carbonyl (C=O) groups is 1. The fourth-order valence-corrected chi connectivity index (χ4v) is 1.66. The van der Waals surface area contributed by atoms with Crippen molar-refractivity contribution in [3.05, 3.63) is 29.8 Å². The van der Waals surface area contributed by atoms with Gasteiger partial charge >= 0.3 is 5.97 Å². The maximum Gasteiger partial charge on any atom is 0.308 e. The molecule has 2 N–H and O–H groups in total. The van der Waals surface area contributed by atoms with Crippen molar-refractivity contribution in [1.29, 1.82) is 0 Å². The van der Waals surface area contributed by atoms with Crippen molar-refractivity contribution in [2.24, 2.45) is 5.73 Å². The third kappa shape index (κ3) is 6.04. The Bertz CT molecular complexity index is 391. The van der Waals surface area contributed by atoms with E-state index in [0.717, 1.165) is 11.3 Å². The zero-order chi connectivity index (χ0) is 14.8. The third-order valence-electron chi connectivity index (χ3n) is 2.72. The molecule has 5 heteroatoms. The summed E-state index contributed by atoms with van der Waals surface area (Å²) in [6.07, 6.45) is 0.198. The molecule has 5 nitrogen and oxygen atoms in total. The van der Waals surface area contributed by atoms with E-state index in [4.69, 9.17) is 19.9 Å². The Hall–Kier alpha value is -1.59. The minimum Gasteiger partial charge on any atom is -0.492 e. The lowest BCUT2D eigenvalue weighted by molar-refractivity contribution is -0.144. The van der Waals surface area contributed by atoms with Gasteiger partial charge in [0.05, 0.1) is 25.7 Å². The van der Waals surface area contributed by atoms with Gasteiger partial charge in [0, 0.05) is 6.54 Å². The Morgan fingerprint density at radius 2 is 1.95 bits per heavy atom. The lowest BCUT2D eigenvalue weighted by Gasteiger charge is -2.14. The van der Waals surface area contributed by atoms with Gasteiger partial charge < -0.3 is 19.9 Å². The smallest absolute Gasteiger partial charge is 0.308 e. The van der Waals surface area contributed by atoms with Gasteiger partial charge in [-0.05, 0) is 31.5 Å². The van der Waals surface area contributed by atoms with Crippen LogP contribution in [0.1, 0.15) is 31.9 Å². The molecule has 1 rings (SSSR count). The lowest BCUT2D eigenvalue weighted by atomic mass is 10.1. The summed E-state index contributed by atoms with van der Waals surface area (Å²) < 4.78 is 15.8. The van der Waals surface area contributed by atoms with Crippen LogP contribution in [0, 0.1) is 0 Å². The second-order valence-electron chi connectivity index (χ2n) is 4.27. The molecule has 112 valence electrons. The summed E-state index contributed by atoms with van der Waals surface area (Å²) in [5, 5.41) is 0. The summed E-state index contributed by atoms with van der Waals surface area (Å²) in [4.78, 5) is 11.2. The van der Waals surface area contributed by atoms with E-state index >= 15 is 0 Å². The third-order valence-corrected chi connectivity index (χ3v) is 2.72. The molecule has 0 aliphatic carbocycles. The molecule has 20 heavy (non-hydrogen) atoms. The van der Waals surface area contributed by atoms with Crippen molar-refractivity contribution in [2.45, 2.75) is 26.4 Å². The predicted octanol–water partition coefficient (Wildman–Crippen LogP) is 2.05. The Labute approximate surface area is 120 Å². The van der Waals surface area contributed by atoms with Crippen molar-refractivity contribution >= 4 is 5.97 Å². The van der Waals surface area contributed by atoms with E-state index in [9.17, 15) is 4.79 Å². The molecule has 0 amide bonds. The molecule has 0 heterocycles. The lowest BCUT2D eigenvalue weighted by Crippen LogP contribution is -2.11. The van der Waals surface area contributed by atoms with E-state index < -0.39 is 0 Å². The summed E-state index contributed by atoms with van der Waals surface area (Å²) in [5.74, 6) is 0.558. The fourth-order valence-electron chi connectivity index (χ4n) is 1.66. The Kier molecular flexibility index (Phi) is 7.69. The summed E-state index contributed by atoms with van der Waals surface area (Å²) in [6.45, 7) is 5.49. The summed E-state index contributed by atoms with van der Waals surface area (Å²) in [7, 11) is 0. The van der Waals surface area contributed by atoms with Gasteiger partial charge in [0.15, 0.2) is 0 Å². The van der Waals surface area contributed by atoms with Crippen LogP contribution >= 0.6 is 0 Å². The average Bonchev–Trinajstić information content (AvgIpc) is 2.46. The minimum atomic E-state index is -0.231. The van der Waals surface area contributed by atoms with E-state index in [1.54, 1.807) is 6.92 Å². The van der Waals surface area contributed by atoms with Crippen LogP contribution in [0.3, 0.4) is 0 Å². The number of ether oxygens (including phenoxy) is 3. The molecule has 0 aliphatic heterocycles. The highest BCUT2D eigenvalue weighted by Crippen LogP contribution is 2.20. The number of hydrogen-bond donors (Lipinski definition) is 1. The molecule has 1 aromatic rings. The van der Waals surface area contributed by atoms with Crippen LogP contribution < -0.4 is 10.5 Å². The predicted molar refractivity (Wildman–Crippen MR) is 76.6 cm³/mol. The van der Waals surface area contributed by atoms with Gasteiger partial charge in [0.25, 0.3) is 0 Å². The highest BCUT2D eigenvalue weighted by molar-refractivity contribution is 5.69. The van der Waals surface area contributed by atoms with Crippen molar-refractivity contribution in [3.63, 3.8) is 0 Å². The maximum absolute atomic E-state index is 11.2. The Morgan fingerprint density at radius 3 is 2.55 bits per heavy atom. The number of carbonyl (C=O) groups excluding carboxylic acids is 1. The first-order chi connectivity index (χ1) is 9.67. The standard InChI is InChI=1S/C15H23NO4/c1-3-18-15(17)8-10-19-12(2)13-4-6-14(7-5-13)20-11-9-16/h4-7,12H,3,8-11,16H2,1-2H3. The quantitative estimate of drug-likeness (QED) is 0.701. The van der Waals surface area contributed by atoms with Crippen LogP contribution in [-0.4, -0.2) is 32.3 Å². The Balaban J connectivity index is 2.35. The van der Waals surface area contributed by atoms with Crippen molar-refractivity contribution in [1.82, 2.24) is 0 Å². The summed E-state index contributed by atoms with van der Waals surface area (Å²) in [5.41, 5.74) is 6.41. The normalized spacial score (nSPS) is 11.9. The van der Waals surface area contributed by atoms with Crippen molar-refractivity contribution in [3.8, 4) is 5.75 Å². The van der Waals surface area contributed by atoms with E-state index in [0.29, 0.717) is 26.4 Å².